The number of hydrogen-bond donors (Lipinski definition) is 1. The van der Waals surface area contributed by atoms with Gasteiger partial charge in [0.15, 0.2) is 0 Å². The second-order valence-corrected chi connectivity index (χ2v) is 4.80. The second kappa shape index (κ2) is 5.44. The maximum Gasteiger partial charge on any atom is 0.126 e. The first-order valence-electron chi connectivity index (χ1n) is 6.20. The van der Waals surface area contributed by atoms with Crippen LogP contribution in [0.3, 0.4) is 0 Å². The van der Waals surface area contributed by atoms with Gasteiger partial charge >= 0.3 is 0 Å². The number of nitrogens with one attached hydrogen (secondary N) is 1. The summed E-state index contributed by atoms with van der Waals surface area (Å²) >= 11 is 0. The van der Waals surface area contributed by atoms with Crippen LogP contribution in [0.25, 0.3) is 0 Å². The molecule has 0 bridgehead atoms. The van der Waals surface area contributed by atoms with Crippen LogP contribution in [0, 0.1) is 11.7 Å². The molecule has 1 fully saturated rings. The molecular weight excluding hydrogens is 201 g/mol. The molecule has 88 valence electrons. The Morgan fingerprint density at radius 1 is 1.19 bits per heavy atom. The molecule has 0 atom stereocenters. The van der Waals surface area contributed by atoms with Gasteiger partial charge in [0.25, 0.3) is 0 Å². The lowest BCUT2D eigenvalue weighted by Crippen LogP contribution is -2.30. The van der Waals surface area contributed by atoms with Gasteiger partial charge in [-0.1, -0.05) is 18.2 Å². The molecule has 0 aromatic heterocycles. The van der Waals surface area contributed by atoms with E-state index in [1.54, 1.807) is 12.1 Å². The quantitative estimate of drug-likeness (QED) is 0.826. The standard InChI is InChI=1S/C14H20FN/c1-16-13-8-6-11(7-9-13)10-12-4-2-3-5-14(12)15/h2-5,11,13,16H,6-10H2,1H3. The topological polar surface area (TPSA) is 12.0 Å². The molecule has 0 unspecified atom stereocenters. The van der Waals surface area contributed by atoms with E-state index in [0.29, 0.717) is 12.0 Å². The average Bonchev–Trinajstić information content (AvgIpc) is 2.33. The van der Waals surface area contributed by atoms with E-state index < -0.39 is 0 Å². The zero-order valence-corrected chi connectivity index (χ0v) is 9.88. The van der Waals surface area contributed by atoms with Crippen LogP contribution in [-0.2, 0) is 6.42 Å². The first-order valence-corrected chi connectivity index (χ1v) is 6.20. The molecule has 0 amide bonds. The van der Waals surface area contributed by atoms with Crippen molar-refractivity contribution >= 4 is 0 Å². The van der Waals surface area contributed by atoms with Gasteiger partial charge in [-0.2, -0.15) is 0 Å². The van der Waals surface area contributed by atoms with Gasteiger partial charge in [-0.15, -0.1) is 0 Å². The zero-order chi connectivity index (χ0) is 11.4. The van der Waals surface area contributed by atoms with Crippen LogP contribution in [0.5, 0.6) is 0 Å². The van der Waals surface area contributed by atoms with E-state index in [-0.39, 0.29) is 5.82 Å². The summed E-state index contributed by atoms with van der Waals surface area (Å²) in [4.78, 5) is 0. The lowest BCUT2D eigenvalue weighted by molar-refractivity contribution is 0.298. The highest BCUT2D eigenvalue weighted by atomic mass is 19.1. The first kappa shape index (κ1) is 11.6. The van der Waals surface area contributed by atoms with E-state index in [4.69, 9.17) is 0 Å². The summed E-state index contributed by atoms with van der Waals surface area (Å²) in [7, 11) is 2.03. The van der Waals surface area contributed by atoms with Gasteiger partial charge in [-0.3, -0.25) is 0 Å². The highest BCUT2D eigenvalue weighted by molar-refractivity contribution is 5.17. The van der Waals surface area contributed by atoms with Crippen molar-refractivity contribution in [1.29, 1.82) is 0 Å². The molecule has 1 aliphatic rings. The van der Waals surface area contributed by atoms with Crippen LogP contribution in [0.4, 0.5) is 4.39 Å². The fourth-order valence-corrected chi connectivity index (χ4v) is 2.63. The summed E-state index contributed by atoms with van der Waals surface area (Å²) in [5.41, 5.74) is 0.885. The Bertz CT molecular complexity index is 329. The SMILES string of the molecule is CNC1CCC(Cc2ccccc2F)CC1. The average molecular weight is 221 g/mol. The van der Waals surface area contributed by atoms with Crippen molar-refractivity contribution in [2.24, 2.45) is 5.92 Å². The normalized spacial score (nSPS) is 25.6. The number of rotatable bonds is 3. The minimum Gasteiger partial charge on any atom is -0.317 e. The molecule has 1 N–H and O–H groups in total. The van der Waals surface area contributed by atoms with Gasteiger partial charge in [-0.05, 0) is 56.7 Å². The minimum absolute atomic E-state index is 0.0433. The summed E-state index contributed by atoms with van der Waals surface area (Å²) in [5, 5.41) is 3.33. The maximum absolute atomic E-state index is 13.5. The third kappa shape index (κ3) is 2.82. The van der Waals surface area contributed by atoms with Gasteiger partial charge in [0, 0.05) is 6.04 Å². The van der Waals surface area contributed by atoms with Crippen molar-refractivity contribution < 1.29 is 4.39 Å². The zero-order valence-electron chi connectivity index (χ0n) is 9.88. The van der Waals surface area contributed by atoms with Gasteiger partial charge < -0.3 is 5.32 Å². The molecule has 1 aromatic carbocycles. The van der Waals surface area contributed by atoms with E-state index in [2.05, 4.69) is 5.32 Å². The monoisotopic (exact) mass is 221 g/mol. The van der Waals surface area contributed by atoms with Crippen molar-refractivity contribution in [3.8, 4) is 0 Å². The molecule has 0 heterocycles. The Balaban J connectivity index is 1.89. The molecule has 2 heteroatoms. The molecule has 1 aliphatic carbocycles. The molecule has 16 heavy (non-hydrogen) atoms. The summed E-state index contributed by atoms with van der Waals surface area (Å²) in [6.07, 6.45) is 5.81. The molecule has 2 rings (SSSR count). The maximum atomic E-state index is 13.5. The van der Waals surface area contributed by atoms with Gasteiger partial charge in [0.05, 0.1) is 0 Å². The van der Waals surface area contributed by atoms with Gasteiger partial charge in [0.1, 0.15) is 5.82 Å². The third-order valence-corrected chi connectivity index (χ3v) is 3.72. The highest BCUT2D eigenvalue weighted by Gasteiger charge is 2.20. The van der Waals surface area contributed by atoms with Crippen molar-refractivity contribution in [2.75, 3.05) is 7.05 Å². The number of benzene rings is 1. The third-order valence-electron chi connectivity index (χ3n) is 3.72. The second-order valence-electron chi connectivity index (χ2n) is 4.80. The van der Waals surface area contributed by atoms with Crippen molar-refractivity contribution in [3.05, 3.63) is 35.6 Å². The molecule has 0 radical (unpaired) electrons. The van der Waals surface area contributed by atoms with E-state index in [1.165, 1.54) is 25.7 Å². The van der Waals surface area contributed by atoms with E-state index in [9.17, 15) is 4.39 Å². The molecule has 0 aliphatic heterocycles. The number of halogens is 1. The summed E-state index contributed by atoms with van der Waals surface area (Å²) < 4.78 is 13.5. The van der Waals surface area contributed by atoms with Crippen molar-refractivity contribution in [2.45, 2.75) is 38.1 Å². The van der Waals surface area contributed by atoms with Crippen LogP contribution < -0.4 is 5.32 Å². The van der Waals surface area contributed by atoms with Crippen LogP contribution in [0.15, 0.2) is 24.3 Å². The molecule has 1 saturated carbocycles. The van der Waals surface area contributed by atoms with E-state index in [1.807, 2.05) is 19.2 Å². The van der Waals surface area contributed by atoms with Crippen LogP contribution in [0.2, 0.25) is 0 Å². The first-order chi connectivity index (χ1) is 7.79. The summed E-state index contributed by atoms with van der Waals surface area (Å²) in [6, 6.07) is 7.85. The predicted molar refractivity (Wildman–Crippen MR) is 64.9 cm³/mol. The summed E-state index contributed by atoms with van der Waals surface area (Å²) in [6.45, 7) is 0. The van der Waals surface area contributed by atoms with Crippen molar-refractivity contribution in [1.82, 2.24) is 5.32 Å². The molecule has 0 saturated heterocycles. The van der Waals surface area contributed by atoms with Gasteiger partial charge in [-0.25, -0.2) is 4.39 Å². The molecule has 0 spiro atoms. The lowest BCUT2D eigenvalue weighted by atomic mass is 9.82. The highest BCUT2D eigenvalue weighted by Crippen LogP contribution is 2.27. The van der Waals surface area contributed by atoms with Crippen LogP contribution >= 0.6 is 0 Å². The number of hydrogen-bond acceptors (Lipinski definition) is 1. The van der Waals surface area contributed by atoms with E-state index >= 15 is 0 Å². The summed E-state index contributed by atoms with van der Waals surface area (Å²) in [5.74, 6) is 0.625. The smallest absolute Gasteiger partial charge is 0.126 e. The lowest BCUT2D eigenvalue weighted by Gasteiger charge is -2.28. The molecule has 1 aromatic rings. The van der Waals surface area contributed by atoms with E-state index in [0.717, 1.165) is 12.0 Å². The van der Waals surface area contributed by atoms with Crippen molar-refractivity contribution in [3.63, 3.8) is 0 Å². The Morgan fingerprint density at radius 3 is 2.50 bits per heavy atom. The predicted octanol–water partition coefficient (Wildman–Crippen LogP) is 3.15. The molecule has 1 nitrogen and oxygen atoms in total. The largest absolute Gasteiger partial charge is 0.317 e. The Morgan fingerprint density at radius 2 is 1.88 bits per heavy atom. The van der Waals surface area contributed by atoms with Crippen LogP contribution in [-0.4, -0.2) is 13.1 Å². The fourth-order valence-electron chi connectivity index (χ4n) is 2.63. The Kier molecular flexibility index (Phi) is 3.94. The van der Waals surface area contributed by atoms with Gasteiger partial charge in [0.2, 0.25) is 0 Å². The Hall–Kier alpha value is -0.890. The fraction of sp³-hybridized carbons (Fsp3) is 0.571. The van der Waals surface area contributed by atoms with Crippen LogP contribution in [0.1, 0.15) is 31.2 Å². The Labute approximate surface area is 97.1 Å². The molecular formula is C14H20FN. The minimum atomic E-state index is -0.0433.